The Balaban J connectivity index is 1.48. The lowest BCUT2D eigenvalue weighted by molar-refractivity contribution is 0.102. The first-order valence-corrected chi connectivity index (χ1v) is 14.8. The number of aromatic nitrogens is 4. The molecule has 0 fully saturated rings. The number of thiophene rings is 1. The summed E-state index contributed by atoms with van der Waals surface area (Å²) in [5.41, 5.74) is 2.17. The molecule has 0 unspecified atom stereocenters. The maximum atomic E-state index is 13.2. The Labute approximate surface area is 224 Å². The van der Waals surface area contributed by atoms with E-state index in [1.165, 1.54) is 44.6 Å². The topological polar surface area (TPSA) is 130 Å². The van der Waals surface area contributed by atoms with E-state index < -0.39 is 15.9 Å². The minimum absolute atomic E-state index is 0.124. The molecule has 0 saturated heterocycles. The molecular formula is C26H28N6O4S2. The van der Waals surface area contributed by atoms with Gasteiger partial charge in [0.1, 0.15) is 11.5 Å². The summed E-state index contributed by atoms with van der Waals surface area (Å²) >= 11 is 1.50. The fourth-order valence-electron chi connectivity index (χ4n) is 4.55. The number of anilines is 1. The minimum Gasteiger partial charge on any atom is -0.306 e. The summed E-state index contributed by atoms with van der Waals surface area (Å²) in [6.45, 7) is 4.27. The second-order valence-electron chi connectivity index (χ2n) is 8.89. The standard InChI is InChI=1S/C26H28N6O4S2/c1-3-31(4-2)38(35,36)18-13-11-17(12-14-18)24(33)28-23-16-21(22-10-7-15-37-22)30-32(23)26-27-20-9-6-5-8-19(20)25(34)29-26/h7,10-16H,3-6,8-9H2,1-2H3,(H,28,33)(H,27,29,34). The summed E-state index contributed by atoms with van der Waals surface area (Å²) < 4.78 is 28.4. The van der Waals surface area contributed by atoms with Crippen molar-refractivity contribution in [1.82, 2.24) is 24.1 Å². The van der Waals surface area contributed by atoms with Crippen LogP contribution < -0.4 is 10.9 Å². The highest BCUT2D eigenvalue weighted by Crippen LogP contribution is 2.28. The predicted octanol–water partition coefficient (Wildman–Crippen LogP) is 3.85. The van der Waals surface area contributed by atoms with Crippen LogP contribution in [0.4, 0.5) is 5.82 Å². The molecule has 1 aliphatic carbocycles. The number of carbonyl (C=O) groups excluding carboxylic acids is 1. The highest BCUT2D eigenvalue weighted by atomic mass is 32.2. The Morgan fingerprint density at radius 3 is 2.55 bits per heavy atom. The van der Waals surface area contributed by atoms with Gasteiger partial charge in [-0.1, -0.05) is 19.9 Å². The van der Waals surface area contributed by atoms with Crippen molar-refractivity contribution in [3.63, 3.8) is 0 Å². The van der Waals surface area contributed by atoms with Gasteiger partial charge < -0.3 is 5.32 Å². The molecule has 0 atom stereocenters. The van der Waals surface area contributed by atoms with Crippen molar-refractivity contribution in [2.75, 3.05) is 18.4 Å². The number of sulfonamides is 1. The Morgan fingerprint density at radius 2 is 1.87 bits per heavy atom. The van der Waals surface area contributed by atoms with Crippen LogP contribution in [0.25, 0.3) is 16.5 Å². The van der Waals surface area contributed by atoms with Crippen LogP contribution in [0.5, 0.6) is 0 Å². The fourth-order valence-corrected chi connectivity index (χ4v) is 6.69. The fraction of sp³-hybridized carbons (Fsp3) is 0.308. The van der Waals surface area contributed by atoms with E-state index in [4.69, 9.17) is 0 Å². The monoisotopic (exact) mass is 552 g/mol. The smallest absolute Gasteiger partial charge is 0.256 e. The molecular weight excluding hydrogens is 524 g/mol. The zero-order chi connectivity index (χ0) is 26.9. The molecule has 5 rings (SSSR count). The molecule has 4 aromatic rings. The van der Waals surface area contributed by atoms with Crippen LogP contribution in [0.1, 0.15) is 48.3 Å². The SMILES string of the molecule is CCN(CC)S(=O)(=O)c1ccc(C(=O)Nc2cc(-c3cccs3)nn2-c2nc3c(c(=O)[nH]2)CCCC3)cc1. The van der Waals surface area contributed by atoms with Crippen LogP contribution in [-0.4, -0.2) is 51.5 Å². The molecule has 0 radical (unpaired) electrons. The number of fused-ring (bicyclic) bond motifs is 1. The molecule has 38 heavy (non-hydrogen) atoms. The van der Waals surface area contributed by atoms with Gasteiger partial charge in [-0.15, -0.1) is 11.3 Å². The number of hydrogen-bond donors (Lipinski definition) is 2. The van der Waals surface area contributed by atoms with Gasteiger partial charge in [0.2, 0.25) is 16.0 Å². The Kier molecular flexibility index (Phi) is 7.28. The second kappa shape index (κ2) is 10.6. The number of amides is 1. The van der Waals surface area contributed by atoms with E-state index in [9.17, 15) is 18.0 Å². The Hall–Kier alpha value is -3.61. The molecule has 1 aliphatic rings. The van der Waals surface area contributed by atoms with Gasteiger partial charge in [0.15, 0.2) is 0 Å². The van der Waals surface area contributed by atoms with Gasteiger partial charge in [0, 0.05) is 30.3 Å². The van der Waals surface area contributed by atoms with Crippen molar-refractivity contribution in [2.24, 2.45) is 0 Å². The molecule has 10 nitrogen and oxygen atoms in total. The number of nitrogens with zero attached hydrogens (tertiary/aromatic N) is 4. The molecule has 0 spiro atoms. The molecule has 0 saturated carbocycles. The van der Waals surface area contributed by atoms with Gasteiger partial charge in [0.05, 0.1) is 15.5 Å². The van der Waals surface area contributed by atoms with Crippen LogP contribution in [0, 0.1) is 0 Å². The number of hydrogen-bond acceptors (Lipinski definition) is 7. The zero-order valence-electron chi connectivity index (χ0n) is 21.1. The molecule has 2 N–H and O–H groups in total. The first-order valence-electron chi connectivity index (χ1n) is 12.5. The third-order valence-electron chi connectivity index (χ3n) is 6.56. The van der Waals surface area contributed by atoms with Crippen LogP contribution in [0.15, 0.2) is 57.5 Å². The highest BCUT2D eigenvalue weighted by Gasteiger charge is 2.23. The predicted molar refractivity (Wildman–Crippen MR) is 146 cm³/mol. The van der Waals surface area contributed by atoms with Crippen LogP contribution in [0.2, 0.25) is 0 Å². The van der Waals surface area contributed by atoms with Gasteiger partial charge in [-0.3, -0.25) is 14.6 Å². The third-order valence-corrected chi connectivity index (χ3v) is 9.52. The summed E-state index contributed by atoms with van der Waals surface area (Å²) in [6.07, 6.45) is 3.33. The van der Waals surface area contributed by atoms with E-state index in [0.29, 0.717) is 36.6 Å². The lowest BCUT2D eigenvalue weighted by atomic mass is 9.97. The minimum atomic E-state index is -3.63. The van der Waals surface area contributed by atoms with Crippen molar-refractivity contribution in [3.8, 4) is 16.5 Å². The summed E-state index contributed by atoms with van der Waals surface area (Å²) in [7, 11) is -3.63. The van der Waals surface area contributed by atoms with Gasteiger partial charge >= 0.3 is 0 Å². The maximum absolute atomic E-state index is 13.2. The maximum Gasteiger partial charge on any atom is 0.256 e. The first kappa shape index (κ1) is 26.0. The molecule has 0 aliphatic heterocycles. The van der Waals surface area contributed by atoms with E-state index >= 15 is 0 Å². The number of H-pyrrole nitrogens is 1. The second-order valence-corrected chi connectivity index (χ2v) is 11.8. The van der Waals surface area contributed by atoms with Crippen molar-refractivity contribution in [3.05, 3.63) is 75.0 Å². The van der Waals surface area contributed by atoms with Gasteiger partial charge in [-0.25, -0.2) is 13.4 Å². The van der Waals surface area contributed by atoms with Gasteiger partial charge in [-0.05, 0) is 61.4 Å². The number of benzene rings is 1. The average molecular weight is 553 g/mol. The number of nitrogens with one attached hydrogen (secondary N) is 2. The van der Waals surface area contributed by atoms with E-state index in [0.717, 1.165) is 29.8 Å². The van der Waals surface area contributed by atoms with Crippen molar-refractivity contribution in [2.45, 2.75) is 44.4 Å². The van der Waals surface area contributed by atoms with E-state index in [1.54, 1.807) is 19.9 Å². The normalized spacial score (nSPS) is 13.4. The summed E-state index contributed by atoms with van der Waals surface area (Å²) in [6, 6.07) is 11.4. The zero-order valence-corrected chi connectivity index (χ0v) is 22.7. The van der Waals surface area contributed by atoms with Crippen LogP contribution in [0.3, 0.4) is 0 Å². The lowest BCUT2D eigenvalue weighted by Gasteiger charge is -2.18. The molecule has 1 aromatic carbocycles. The molecule has 12 heteroatoms. The third kappa shape index (κ3) is 4.94. The van der Waals surface area contributed by atoms with E-state index in [2.05, 4.69) is 20.4 Å². The average Bonchev–Trinajstić information content (AvgIpc) is 3.60. The molecule has 0 bridgehead atoms. The van der Waals surface area contributed by atoms with E-state index in [1.807, 2.05) is 17.5 Å². The Morgan fingerprint density at radius 1 is 1.13 bits per heavy atom. The van der Waals surface area contributed by atoms with Gasteiger partial charge in [-0.2, -0.15) is 14.1 Å². The quantitative estimate of drug-likeness (QED) is 0.342. The first-order chi connectivity index (χ1) is 18.3. The number of rotatable bonds is 8. The number of aromatic amines is 1. The summed E-state index contributed by atoms with van der Waals surface area (Å²) in [4.78, 5) is 34.5. The van der Waals surface area contributed by atoms with E-state index in [-0.39, 0.29) is 22.0 Å². The largest absolute Gasteiger partial charge is 0.306 e. The lowest BCUT2D eigenvalue weighted by Crippen LogP contribution is -2.30. The van der Waals surface area contributed by atoms with Crippen LogP contribution in [-0.2, 0) is 22.9 Å². The molecule has 198 valence electrons. The highest BCUT2D eigenvalue weighted by molar-refractivity contribution is 7.89. The number of aryl methyl sites for hydroxylation is 1. The van der Waals surface area contributed by atoms with Crippen molar-refractivity contribution >= 4 is 33.1 Å². The summed E-state index contributed by atoms with van der Waals surface area (Å²) in [5, 5.41) is 9.42. The molecule has 1 amide bonds. The number of carbonyl (C=O) groups is 1. The molecule has 3 aromatic heterocycles. The van der Waals surface area contributed by atoms with Gasteiger partial charge in [0.25, 0.3) is 11.5 Å². The van der Waals surface area contributed by atoms with Crippen molar-refractivity contribution < 1.29 is 13.2 Å². The Bertz CT molecular complexity index is 1620. The molecule has 3 heterocycles. The summed E-state index contributed by atoms with van der Waals surface area (Å²) in [5.74, 6) is 0.113. The van der Waals surface area contributed by atoms with Crippen LogP contribution >= 0.6 is 11.3 Å². The van der Waals surface area contributed by atoms with Crippen molar-refractivity contribution in [1.29, 1.82) is 0 Å².